The second-order valence-corrected chi connectivity index (χ2v) is 19.5. The Morgan fingerprint density at radius 1 is 0.314 bits per heavy atom. The number of allylic oxidation sites excluding steroid dienone is 16. The second kappa shape index (κ2) is 60.1. The van der Waals surface area contributed by atoms with Crippen molar-refractivity contribution in [2.24, 2.45) is 0 Å². The molecule has 0 unspecified atom stereocenters. The van der Waals surface area contributed by atoms with Crippen LogP contribution in [-0.2, 0) is 23.8 Å². The lowest BCUT2D eigenvalue weighted by Gasteiger charge is -2.18. The number of hydrogen-bond donors (Lipinski definition) is 0. The number of ether oxygens (including phenoxy) is 3. The van der Waals surface area contributed by atoms with Crippen LogP contribution in [0.1, 0.15) is 278 Å². The highest BCUT2D eigenvalue weighted by molar-refractivity contribution is 5.70. The van der Waals surface area contributed by atoms with Crippen molar-refractivity contribution < 1.29 is 23.8 Å². The van der Waals surface area contributed by atoms with Gasteiger partial charge in [0.2, 0.25) is 0 Å². The molecule has 0 heterocycles. The van der Waals surface area contributed by atoms with E-state index in [0.717, 1.165) is 103 Å². The Morgan fingerprint density at radius 2 is 0.600 bits per heavy atom. The molecular weight excluding hydrogens is 861 g/mol. The standard InChI is InChI=1S/C65H112O5/c1-4-7-10-13-16-19-22-25-28-31-33-35-37-40-43-46-49-52-55-58-64(66)69-62-63(61-68-60-57-54-51-48-45-42-39-30-27-24-21-18-15-12-9-6-3)70-65(67)59-56-53-50-47-44-41-38-36-34-32-29-26-23-20-17-14-11-8-5-2/h16-17,19-20,25-26,28-29,33-36,40-41,43-44,63H,4-15,18,21-24,27,30-32,37-39,42,45-62H2,1-3H3/b19-16-,20-17-,28-25-,29-26-,35-33-,36-34-,43-40-,44-41-/t63-/m1/s1. The summed E-state index contributed by atoms with van der Waals surface area (Å²) in [7, 11) is 0. The molecular formula is C65H112O5. The topological polar surface area (TPSA) is 61.8 Å². The highest BCUT2D eigenvalue weighted by atomic mass is 16.6. The van der Waals surface area contributed by atoms with Gasteiger partial charge in [-0.1, -0.05) is 253 Å². The molecule has 0 aromatic rings. The lowest BCUT2D eigenvalue weighted by atomic mass is 10.0. The van der Waals surface area contributed by atoms with E-state index in [1.807, 2.05) is 0 Å². The molecule has 5 nitrogen and oxygen atoms in total. The maximum Gasteiger partial charge on any atom is 0.306 e. The maximum absolute atomic E-state index is 12.9. The van der Waals surface area contributed by atoms with Gasteiger partial charge in [-0.05, 0) is 109 Å². The molecule has 0 saturated heterocycles. The first-order valence-electron chi connectivity index (χ1n) is 29.8. The normalized spacial score (nSPS) is 12.9. The summed E-state index contributed by atoms with van der Waals surface area (Å²) in [6.45, 7) is 7.73. The van der Waals surface area contributed by atoms with E-state index in [1.54, 1.807) is 0 Å². The Kier molecular flexibility index (Phi) is 57.4. The van der Waals surface area contributed by atoms with Crippen LogP contribution < -0.4 is 0 Å². The summed E-state index contributed by atoms with van der Waals surface area (Å²) in [5.41, 5.74) is 0. The summed E-state index contributed by atoms with van der Waals surface area (Å²) >= 11 is 0. The molecule has 0 aliphatic carbocycles. The zero-order valence-corrected chi connectivity index (χ0v) is 46.3. The zero-order valence-electron chi connectivity index (χ0n) is 46.3. The number of carbonyl (C=O) groups excluding carboxylic acids is 2. The lowest BCUT2D eigenvalue weighted by molar-refractivity contribution is -0.163. The molecule has 0 amide bonds. The fraction of sp³-hybridized carbons (Fsp3) is 0.723. The van der Waals surface area contributed by atoms with E-state index in [0.29, 0.717) is 19.4 Å². The van der Waals surface area contributed by atoms with E-state index in [-0.39, 0.29) is 25.2 Å². The van der Waals surface area contributed by atoms with Crippen LogP contribution in [0.4, 0.5) is 0 Å². The highest BCUT2D eigenvalue weighted by Crippen LogP contribution is 2.15. The Labute approximate surface area is 434 Å². The number of unbranched alkanes of at least 4 members (excludes halogenated alkanes) is 27. The van der Waals surface area contributed by atoms with Crippen molar-refractivity contribution in [1.29, 1.82) is 0 Å². The molecule has 0 spiro atoms. The molecule has 1 atom stereocenters. The molecule has 70 heavy (non-hydrogen) atoms. The van der Waals surface area contributed by atoms with Crippen molar-refractivity contribution in [2.75, 3.05) is 19.8 Å². The molecule has 0 aliphatic heterocycles. The van der Waals surface area contributed by atoms with Crippen LogP contribution >= 0.6 is 0 Å². The molecule has 0 aromatic heterocycles. The van der Waals surface area contributed by atoms with E-state index in [9.17, 15) is 9.59 Å². The SMILES string of the molecule is CCCCC/C=C\C/C=C\C/C=C\C/C=C\CCCCCC(=O)OC[C@@H](COCCCCCCCCCCCCCCCCCC)OC(=O)CCCCC/C=C\C/C=C\C/C=C\C/C=C\CCCCC. The Balaban J connectivity index is 4.40. The quantitative estimate of drug-likeness (QED) is 0.0345. The summed E-state index contributed by atoms with van der Waals surface area (Å²) in [6, 6.07) is 0. The van der Waals surface area contributed by atoms with E-state index in [4.69, 9.17) is 14.2 Å². The van der Waals surface area contributed by atoms with Crippen LogP contribution in [0.2, 0.25) is 0 Å². The zero-order chi connectivity index (χ0) is 50.6. The van der Waals surface area contributed by atoms with Gasteiger partial charge < -0.3 is 14.2 Å². The summed E-state index contributed by atoms with van der Waals surface area (Å²) in [5.74, 6) is -0.463. The van der Waals surface area contributed by atoms with Crippen molar-refractivity contribution in [1.82, 2.24) is 0 Å². The minimum Gasteiger partial charge on any atom is -0.462 e. The van der Waals surface area contributed by atoms with Crippen molar-refractivity contribution in [3.05, 3.63) is 97.2 Å². The lowest BCUT2D eigenvalue weighted by Crippen LogP contribution is -2.30. The minimum atomic E-state index is -0.571. The van der Waals surface area contributed by atoms with Gasteiger partial charge in [-0.3, -0.25) is 9.59 Å². The van der Waals surface area contributed by atoms with Gasteiger partial charge in [-0.2, -0.15) is 0 Å². The van der Waals surface area contributed by atoms with Gasteiger partial charge in [0.05, 0.1) is 6.61 Å². The number of carbonyl (C=O) groups is 2. The van der Waals surface area contributed by atoms with E-state index in [1.165, 1.54) is 141 Å². The fourth-order valence-corrected chi connectivity index (χ4v) is 8.12. The van der Waals surface area contributed by atoms with Crippen LogP contribution in [0.5, 0.6) is 0 Å². The van der Waals surface area contributed by atoms with E-state index in [2.05, 4.69) is 118 Å². The van der Waals surface area contributed by atoms with Crippen LogP contribution in [0.25, 0.3) is 0 Å². The van der Waals surface area contributed by atoms with Crippen molar-refractivity contribution in [2.45, 2.75) is 284 Å². The number of rotatable bonds is 54. The first kappa shape index (κ1) is 66.8. The molecule has 0 aliphatic rings. The van der Waals surface area contributed by atoms with Crippen LogP contribution in [0.15, 0.2) is 97.2 Å². The predicted octanol–water partition coefficient (Wildman–Crippen LogP) is 20.6. The Hall–Kier alpha value is -3.18. The van der Waals surface area contributed by atoms with Gasteiger partial charge in [0.1, 0.15) is 6.61 Å². The summed E-state index contributed by atoms with van der Waals surface area (Å²) in [6.07, 6.45) is 81.4. The molecule has 0 fully saturated rings. The first-order chi connectivity index (χ1) is 34.6. The minimum absolute atomic E-state index is 0.0534. The monoisotopic (exact) mass is 973 g/mol. The average Bonchev–Trinajstić information content (AvgIpc) is 3.36. The van der Waals surface area contributed by atoms with Gasteiger partial charge in [-0.25, -0.2) is 0 Å². The van der Waals surface area contributed by atoms with Gasteiger partial charge in [-0.15, -0.1) is 0 Å². The number of esters is 2. The van der Waals surface area contributed by atoms with Gasteiger partial charge in [0.25, 0.3) is 0 Å². The van der Waals surface area contributed by atoms with Crippen molar-refractivity contribution in [3.63, 3.8) is 0 Å². The van der Waals surface area contributed by atoms with E-state index >= 15 is 0 Å². The Morgan fingerprint density at radius 3 is 0.971 bits per heavy atom. The van der Waals surface area contributed by atoms with E-state index < -0.39 is 6.10 Å². The van der Waals surface area contributed by atoms with Crippen LogP contribution in [-0.4, -0.2) is 37.9 Å². The third-order valence-corrected chi connectivity index (χ3v) is 12.6. The van der Waals surface area contributed by atoms with Crippen LogP contribution in [0.3, 0.4) is 0 Å². The smallest absolute Gasteiger partial charge is 0.306 e. The van der Waals surface area contributed by atoms with Crippen LogP contribution in [0, 0.1) is 0 Å². The van der Waals surface area contributed by atoms with Gasteiger partial charge in [0.15, 0.2) is 6.10 Å². The molecule has 0 saturated carbocycles. The highest BCUT2D eigenvalue weighted by Gasteiger charge is 2.17. The third kappa shape index (κ3) is 57.4. The third-order valence-electron chi connectivity index (χ3n) is 12.6. The number of hydrogen-bond acceptors (Lipinski definition) is 5. The largest absolute Gasteiger partial charge is 0.462 e. The fourth-order valence-electron chi connectivity index (χ4n) is 8.12. The average molecular weight is 974 g/mol. The van der Waals surface area contributed by atoms with Gasteiger partial charge >= 0.3 is 11.9 Å². The molecule has 0 aromatic carbocycles. The molecule has 5 heteroatoms. The molecule has 0 radical (unpaired) electrons. The maximum atomic E-state index is 12.9. The predicted molar refractivity (Wildman–Crippen MR) is 306 cm³/mol. The summed E-state index contributed by atoms with van der Waals surface area (Å²) < 4.78 is 17.5. The Bertz CT molecular complexity index is 1330. The summed E-state index contributed by atoms with van der Waals surface area (Å²) in [4.78, 5) is 25.5. The molecule has 0 bridgehead atoms. The molecule has 0 N–H and O–H groups in total. The van der Waals surface area contributed by atoms with Crippen molar-refractivity contribution in [3.8, 4) is 0 Å². The van der Waals surface area contributed by atoms with Gasteiger partial charge in [0, 0.05) is 19.4 Å². The van der Waals surface area contributed by atoms with Crippen molar-refractivity contribution >= 4 is 11.9 Å². The molecule has 0 rings (SSSR count). The first-order valence-corrected chi connectivity index (χ1v) is 29.8. The molecule has 402 valence electrons. The second-order valence-electron chi connectivity index (χ2n) is 19.5. The summed E-state index contributed by atoms with van der Waals surface area (Å²) in [5, 5.41) is 0.